The summed E-state index contributed by atoms with van der Waals surface area (Å²) in [6, 6.07) is 1.64. The first kappa shape index (κ1) is 12.6. The minimum absolute atomic E-state index is 0.0475. The number of halogens is 1. The first-order chi connectivity index (χ1) is 6.96. The van der Waals surface area contributed by atoms with Crippen molar-refractivity contribution < 1.29 is 9.21 Å². The summed E-state index contributed by atoms with van der Waals surface area (Å²) in [6.45, 7) is 4.80. The van der Waals surface area contributed by atoms with E-state index >= 15 is 0 Å². The zero-order valence-corrected chi connectivity index (χ0v) is 11.4. The van der Waals surface area contributed by atoms with Crippen LogP contribution in [0.5, 0.6) is 0 Å². The number of rotatable bonds is 4. The van der Waals surface area contributed by atoms with E-state index in [1.54, 1.807) is 17.8 Å². The first-order valence-electron chi connectivity index (χ1n) is 4.52. The quantitative estimate of drug-likeness (QED) is 0.927. The molecule has 84 valence electrons. The van der Waals surface area contributed by atoms with Crippen LogP contribution in [0.1, 0.15) is 24.2 Å². The summed E-state index contributed by atoms with van der Waals surface area (Å²) in [5, 5.41) is 2.87. The van der Waals surface area contributed by atoms with Gasteiger partial charge in [-0.25, -0.2) is 0 Å². The van der Waals surface area contributed by atoms with Gasteiger partial charge in [0.2, 0.25) is 0 Å². The topological polar surface area (TPSA) is 42.2 Å². The molecule has 5 heteroatoms. The maximum Gasteiger partial charge on any atom is 0.255 e. The molecule has 1 aromatic rings. The highest BCUT2D eigenvalue weighted by molar-refractivity contribution is 9.10. The van der Waals surface area contributed by atoms with Gasteiger partial charge >= 0.3 is 0 Å². The summed E-state index contributed by atoms with van der Waals surface area (Å²) in [4.78, 5) is 11.7. The molecule has 0 atom stereocenters. The van der Waals surface area contributed by atoms with E-state index in [0.29, 0.717) is 16.8 Å². The molecule has 0 spiro atoms. The van der Waals surface area contributed by atoms with Crippen molar-refractivity contribution in [3.05, 3.63) is 22.6 Å². The van der Waals surface area contributed by atoms with Crippen molar-refractivity contribution in [2.24, 2.45) is 0 Å². The zero-order chi connectivity index (χ0) is 11.5. The fraction of sp³-hybridized carbons (Fsp3) is 0.500. The Morgan fingerprint density at radius 3 is 2.80 bits per heavy atom. The van der Waals surface area contributed by atoms with E-state index in [1.165, 1.54) is 6.26 Å². The molecule has 1 amide bonds. The fourth-order valence-corrected chi connectivity index (χ4v) is 1.55. The molecule has 0 bridgehead atoms. The number of carbonyl (C=O) groups excluding carboxylic acids is 1. The van der Waals surface area contributed by atoms with E-state index < -0.39 is 0 Å². The van der Waals surface area contributed by atoms with Crippen LogP contribution in [0.15, 0.2) is 21.4 Å². The van der Waals surface area contributed by atoms with E-state index in [4.69, 9.17) is 4.42 Å². The average Bonchev–Trinajstić information content (AvgIpc) is 2.61. The van der Waals surface area contributed by atoms with Crippen molar-refractivity contribution in [2.75, 3.05) is 12.8 Å². The fourth-order valence-electron chi connectivity index (χ4n) is 0.916. The molecule has 3 nitrogen and oxygen atoms in total. The predicted octanol–water partition coefficient (Wildman–Crippen LogP) is 2.91. The van der Waals surface area contributed by atoms with Crippen LogP contribution in [0.3, 0.4) is 0 Å². The normalized spacial score (nSPS) is 11.5. The second kappa shape index (κ2) is 5.07. The Hall–Kier alpha value is -0.420. The van der Waals surface area contributed by atoms with Crippen molar-refractivity contribution in [1.82, 2.24) is 5.32 Å². The average molecular weight is 292 g/mol. The number of hydrogen-bond acceptors (Lipinski definition) is 3. The van der Waals surface area contributed by atoms with Crippen molar-refractivity contribution in [3.8, 4) is 0 Å². The largest absolute Gasteiger partial charge is 0.457 e. The molecule has 0 aliphatic carbocycles. The third-order valence-corrected chi connectivity index (χ3v) is 3.95. The Morgan fingerprint density at radius 1 is 1.67 bits per heavy atom. The summed E-state index contributed by atoms with van der Waals surface area (Å²) < 4.78 is 5.52. The van der Waals surface area contributed by atoms with Crippen molar-refractivity contribution in [1.29, 1.82) is 0 Å². The zero-order valence-electron chi connectivity index (χ0n) is 8.96. The summed E-state index contributed by atoms with van der Waals surface area (Å²) in [5.41, 5.74) is 0.534. The Bertz CT molecular complexity index is 349. The lowest BCUT2D eigenvalue weighted by Gasteiger charge is -2.21. The van der Waals surface area contributed by atoms with E-state index in [0.717, 1.165) is 0 Å². The van der Waals surface area contributed by atoms with Gasteiger partial charge in [-0.3, -0.25) is 4.79 Å². The summed E-state index contributed by atoms with van der Waals surface area (Å²) in [5.74, 6) is -0.113. The highest BCUT2D eigenvalue weighted by atomic mass is 79.9. The van der Waals surface area contributed by atoms with Crippen LogP contribution >= 0.6 is 27.7 Å². The monoisotopic (exact) mass is 291 g/mol. The molecule has 0 saturated carbocycles. The number of carbonyl (C=O) groups is 1. The highest BCUT2D eigenvalue weighted by Gasteiger charge is 2.19. The molecule has 0 radical (unpaired) electrons. The van der Waals surface area contributed by atoms with Crippen LogP contribution in [0, 0.1) is 0 Å². The molecule has 15 heavy (non-hydrogen) atoms. The van der Waals surface area contributed by atoms with Gasteiger partial charge in [0.1, 0.15) is 0 Å². The van der Waals surface area contributed by atoms with E-state index in [1.807, 2.05) is 6.26 Å². The van der Waals surface area contributed by atoms with Gasteiger partial charge in [-0.05, 0) is 42.1 Å². The van der Waals surface area contributed by atoms with Crippen LogP contribution in [-0.2, 0) is 0 Å². The van der Waals surface area contributed by atoms with Crippen molar-refractivity contribution >= 4 is 33.6 Å². The molecule has 0 saturated heterocycles. The summed E-state index contributed by atoms with van der Waals surface area (Å²) in [6.07, 6.45) is 3.51. The second-order valence-corrected chi connectivity index (χ2v) is 5.99. The Kier molecular flexibility index (Phi) is 4.28. The first-order valence-corrected chi connectivity index (χ1v) is 6.54. The SMILES string of the molecule is CSC(C)(C)CNC(=O)c1ccoc1Br. The summed E-state index contributed by atoms with van der Waals surface area (Å²) >= 11 is 4.89. The van der Waals surface area contributed by atoms with E-state index in [2.05, 4.69) is 35.1 Å². The lowest BCUT2D eigenvalue weighted by atomic mass is 10.2. The van der Waals surface area contributed by atoms with Crippen LogP contribution in [-0.4, -0.2) is 23.5 Å². The van der Waals surface area contributed by atoms with Crippen LogP contribution in [0.4, 0.5) is 0 Å². The molecule has 0 aliphatic heterocycles. The third kappa shape index (κ3) is 3.57. The Labute approximate surface area is 102 Å². The van der Waals surface area contributed by atoms with Gasteiger partial charge in [0, 0.05) is 11.3 Å². The molecule has 1 aromatic heterocycles. The van der Waals surface area contributed by atoms with Crippen molar-refractivity contribution in [3.63, 3.8) is 0 Å². The molecular weight excluding hydrogens is 278 g/mol. The molecule has 0 aliphatic rings. The number of nitrogens with one attached hydrogen (secondary N) is 1. The lowest BCUT2D eigenvalue weighted by Crippen LogP contribution is -2.36. The second-order valence-electron chi connectivity index (χ2n) is 3.75. The molecule has 0 fully saturated rings. The number of hydrogen-bond donors (Lipinski definition) is 1. The van der Waals surface area contributed by atoms with Gasteiger partial charge in [-0.15, -0.1) is 0 Å². The molecule has 1 rings (SSSR count). The number of thioether (sulfide) groups is 1. The predicted molar refractivity (Wildman–Crippen MR) is 66.3 cm³/mol. The van der Waals surface area contributed by atoms with Gasteiger partial charge in [0.25, 0.3) is 5.91 Å². The maximum atomic E-state index is 11.7. The van der Waals surface area contributed by atoms with Gasteiger partial charge < -0.3 is 9.73 Å². The van der Waals surface area contributed by atoms with Gasteiger partial charge in [-0.2, -0.15) is 11.8 Å². The van der Waals surface area contributed by atoms with Gasteiger partial charge in [0.15, 0.2) is 4.67 Å². The number of amides is 1. The van der Waals surface area contributed by atoms with E-state index in [9.17, 15) is 4.79 Å². The standard InChI is InChI=1S/C10H14BrNO2S/c1-10(2,15-3)6-12-9(13)7-4-5-14-8(7)11/h4-5H,6H2,1-3H3,(H,12,13). The van der Waals surface area contributed by atoms with Crippen LogP contribution in [0.25, 0.3) is 0 Å². The Balaban J connectivity index is 2.55. The Morgan fingerprint density at radius 2 is 2.33 bits per heavy atom. The smallest absolute Gasteiger partial charge is 0.255 e. The molecule has 1 heterocycles. The summed E-state index contributed by atoms with van der Waals surface area (Å²) in [7, 11) is 0. The number of furan rings is 1. The molecule has 1 N–H and O–H groups in total. The van der Waals surface area contributed by atoms with Crippen LogP contribution < -0.4 is 5.32 Å². The third-order valence-electron chi connectivity index (χ3n) is 2.09. The van der Waals surface area contributed by atoms with Gasteiger partial charge in [-0.1, -0.05) is 0 Å². The minimum atomic E-state index is -0.113. The van der Waals surface area contributed by atoms with Crippen molar-refractivity contribution in [2.45, 2.75) is 18.6 Å². The lowest BCUT2D eigenvalue weighted by molar-refractivity contribution is 0.0949. The molecule has 0 unspecified atom stereocenters. The van der Waals surface area contributed by atoms with Gasteiger partial charge in [0.05, 0.1) is 11.8 Å². The van der Waals surface area contributed by atoms with E-state index in [-0.39, 0.29) is 10.7 Å². The maximum absolute atomic E-state index is 11.7. The minimum Gasteiger partial charge on any atom is -0.457 e. The highest BCUT2D eigenvalue weighted by Crippen LogP contribution is 2.21. The molecule has 0 aromatic carbocycles. The molecular formula is C10H14BrNO2S. The van der Waals surface area contributed by atoms with Crippen LogP contribution in [0.2, 0.25) is 0 Å².